The van der Waals surface area contributed by atoms with Crippen LogP contribution >= 0.6 is 11.5 Å². The molecule has 0 saturated carbocycles. The first-order valence-corrected chi connectivity index (χ1v) is 6.47. The molecule has 0 aliphatic rings. The maximum absolute atomic E-state index is 11.8. The Morgan fingerprint density at radius 3 is 2.74 bits per heavy atom. The van der Waals surface area contributed by atoms with Gasteiger partial charge in [0, 0.05) is 11.6 Å². The van der Waals surface area contributed by atoms with Gasteiger partial charge in [-0.2, -0.15) is 4.37 Å². The van der Waals surface area contributed by atoms with Crippen molar-refractivity contribution in [2.75, 3.05) is 5.32 Å². The van der Waals surface area contributed by atoms with E-state index in [1.165, 1.54) is 17.8 Å². The number of furan rings is 1. The molecule has 0 spiro atoms. The number of carbonyl (C=O) groups excluding carboxylic acids is 1. The van der Waals surface area contributed by atoms with Gasteiger partial charge in [0.25, 0.3) is 5.91 Å². The smallest absolute Gasteiger partial charge is 0.291 e. The first kappa shape index (κ1) is 11.7. The van der Waals surface area contributed by atoms with Crippen molar-refractivity contribution < 1.29 is 9.21 Å². The number of anilines is 1. The summed E-state index contributed by atoms with van der Waals surface area (Å²) in [6.07, 6.45) is 1.47. The van der Waals surface area contributed by atoms with E-state index in [0.717, 1.165) is 11.3 Å². The molecule has 2 heterocycles. The highest BCUT2D eigenvalue weighted by atomic mass is 32.1. The quantitative estimate of drug-likeness (QED) is 0.790. The summed E-state index contributed by atoms with van der Waals surface area (Å²) in [6, 6.07) is 15.0. The lowest BCUT2D eigenvalue weighted by atomic mass is 10.2. The second kappa shape index (κ2) is 5.07. The zero-order valence-electron chi connectivity index (χ0n) is 9.87. The van der Waals surface area contributed by atoms with E-state index >= 15 is 0 Å². The van der Waals surface area contributed by atoms with Crippen molar-refractivity contribution in [3.8, 4) is 11.3 Å². The highest BCUT2D eigenvalue weighted by Crippen LogP contribution is 2.25. The molecule has 0 radical (unpaired) electrons. The van der Waals surface area contributed by atoms with Gasteiger partial charge in [0.15, 0.2) is 5.76 Å². The molecule has 3 aromatic rings. The van der Waals surface area contributed by atoms with Crippen molar-refractivity contribution >= 4 is 22.4 Å². The molecule has 2 aromatic heterocycles. The Labute approximate surface area is 113 Å². The highest BCUT2D eigenvalue weighted by molar-refractivity contribution is 7.10. The summed E-state index contributed by atoms with van der Waals surface area (Å²) in [7, 11) is 0. The van der Waals surface area contributed by atoms with Gasteiger partial charge >= 0.3 is 0 Å². The first-order valence-electron chi connectivity index (χ1n) is 5.70. The molecule has 1 N–H and O–H groups in total. The Bertz CT molecular complexity index is 675. The lowest BCUT2D eigenvalue weighted by molar-refractivity contribution is 0.0997. The molecule has 0 saturated heterocycles. The van der Waals surface area contributed by atoms with Crippen LogP contribution in [-0.2, 0) is 0 Å². The second-order valence-electron chi connectivity index (χ2n) is 3.87. The fourth-order valence-electron chi connectivity index (χ4n) is 1.66. The zero-order valence-corrected chi connectivity index (χ0v) is 10.7. The van der Waals surface area contributed by atoms with Crippen LogP contribution in [0.5, 0.6) is 0 Å². The molecule has 3 rings (SSSR count). The van der Waals surface area contributed by atoms with Gasteiger partial charge in [0.1, 0.15) is 5.00 Å². The van der Waals surface area contributed by atoms with E-state index in [2.05, 4.69) is 9.69 Å². The molecule has 1 aromatic carbocycles. The maximum atomic E-state index is 11.8. The van der Waals surface area contributed by atoms with Crippen LogP contribution in [0.15, 0.2) is 59.2 Å². The van der Waals surface area contributed by atoms with Crippen LogP contribution in [0, 0.1) is 0 Å². The Kier molecular flexibility index (Phi) is 3.12. The predicted molar refractivity (Wildman–Crippen MR) is 74.2 cm³/mol. The normalized spacial score (nSPS) is 10.3. The number of amides is 1. The fourth-order valence-corrected chi connectivity index (χ4v) is 2.32. The first-order chi connectivity index (χ1) is 9.33. The van der Waals surface area contributed by atoms with E-state index in [9.17, 15) is 4.79 Å². The maximum Gasteiger partial charge on any atom is 0.291 e. The average molecular weight is 270 g/mol. The van der Waals surface area contributed by atoms with Crippen LogP contribution in [0.2, 0.25) is 0 Å². The summed E-state index contributed by atoms with van der Waals surface area (Å²) in [5.74, 6) is 0.0166. The Balaban J connectivity index is 1.77. The van der Waals surface area contributed by atoms with Crippen LogP contribution in [0.25, 0.3) is 11.3 Å². The average Bonchev–Trinajstić information content (AvgIpc) is 3.11. The van der Waals surface area contributed by atoms with Gasteiger partial charge in [-0.15, -0.1) is 0 Å². The Morgan fingerprint density at radius 2 is 2.00 bits per heavy atom. The Hall–Kier alpha value is -2.40. The van der Waals surface area contributed by atoms with Crippen molar-refractivity contribution in [1.82, 2.24) is 4.37 Å². The second-order valence-corrected chi connectivity index (χ2v) is 4.68. The predicted octanol–water partition coefficient (Wildman–Crippen LogP) is 3.66. The van der Waals surface area contributed by atoms with Crippen LogP contribution in [0.3, 0.4) is 0 Å². The summed E-state index contributed by atoms with van der Waals surface area (Å²) in [5.41, 5.74) is 1.87. The molecular weight excluding hydrogens is 260 g/mol. The standard InChI is InChI=1S/C14H10N2O2S/c17-14(12-7-4-8-18-12)15-13-9-11(16-19-13)10-5-2-1-3-6-10/h1-9H,(H,15,17). The lowest BCUT2D eigenvalue weighted by Crippen LogP contribution is -2.09. The van der Waals surface area contributed by atoms with Crippen LogP contribution in [0.4, 0.5) is 5.00 Å². The van der Waals surface area contributed by atoms with Crippen molar-refractivity contribution in [1.29, 1.82) is 0 Å². The van der Waals surface area contributed by atoms with Gasteiger partial charge in [0.05, 0.1) is 12.0 Å². The van der Waals surface area contributed by atoms with E-state index in [1.54, 1.807) is 12.1 Å². The largest absolute Gasteiger partial charge is 0.459 e. The number of nitrogens with one attached hydrogen (secondary N) is 1. The van der Waals surface area contributed by atoms with Gasteiger partial charge in [-0.1, -0.05) is 30.3 Å². The van der Waals surface area contributed by atoms with Crippen molar-refractivity contribution in [2.24, 2.45) is 0 Å². The zero-order chi connectivity index (χ0) is 13.1. The third-order valence-electron chi connectivity index (χ3n) is 2.56. The summed E-state index contributed by atoms with van der Waals surface area (Å²) in [6.45, 7) is 0. The molecule has 0 aliphatic heterocycles. The Morgan fingerprint density at radius 1 is 1.16 bits per heavy atom. The number of aromatic nitrogens is 1. The summed E-state index contributed by atoms with van der Waals surface area (Å²) >= 11 is 1.25. The number of benzene rings is 1. The number of hydrogen-bond acceptors (Lipinski definition) is 4. The fraction of sp³-hybridized carbons (Fsp3) is 0. The topological polar surface area (TPSA) is 55.1 Å². The number of nitrogens with zero attached hydrogens (tertiary/aromatic N) is 1. The lowest BCUT2D eigenvalue weighted by Gasteiger charge is -1.97. The van der Waals surface area contributed by atoms with Gasteiger partial charge in [-0.3, -0.25) is 4.79 Å². The van der Waals surface area contributed by atoms with Gasteiger partial charge < -0.3 is 9.73 Å². The van der Waals surface area contributed by atoms with Crippen molar-refractivity contribution in [2.45, 2.75) is 0 Å². The number of carbonyl (C=O) groups is 1. The third kappa shape index (κ3) is 2.56. The van der Waals surface area contributed by atoms with Gasteiger partial charge in [-0.25, -0.2) is 0 Å². The van der Waals surface area contributed by atoms with E-state index in [0.29, 0.717) is 5.00 Å². The summed E-state index contributed by atoms with van der Waals surface area (Å²) in [4.78, 5) is 11.8. The van der Waals surface area contributed by atoms with E-state index in [-0.39, 0.29) is 11.7 Å². The number of hydrogen-bond donors (Lipinski definition) is 1. The van der Waals surface area contributed by atoms with E-state index in [1.807, 2.05) is 36.4 Å². The van der Waals surface area contributed by atoms with Crippen LogP contribution in [0.1, 0.15) is 10.6 Å². The highest BCUT2D eigenvalue weighted by Gasteiger charge is 2.11. The molecule has 0 unspecified atom stereocenters. The van der Waals surface area contributed by atoms with Crippen molar-refractivity contribution in [3.63, 3.8) is 0 Å². The molecule has 4 nitrogen and oxygen atoms in total. The van der Waals surface area contributed by atoms with Crippen LogP contribution < -0.4 is 5.32 Å². The van der Waals surface area contributed by atoms with E-state index < -0.39 is 0 Å². The molecule has 0 aliphatic carbocycles. The molecule has 5 heteroatoms. The number of rotatable bonds is 3. The summed E-state index contributed by atoms with van der Waals surface area (Å²) in [5, 5.41) is 3.45. The molecule has 1 amide bonds. The minimum atomic E-state index is -0.270. The third-order valence-corrected chi connectivity index (χ3v) is 3.27. The molecule has 0 bridgehead atoms. The molecule has 94 valence electrons. The molecule has 0 fully saturated rings. The molecule has 19 heavy (non-hydrogen) atoms. The minimum absolute atomic E-state index is 0.270. The SMILES string of the molecule is O=C(Nc1cc(-c2ccccc2)ns1)c1ccco1. The van der Waals surface area contributed by atoms with Crippen molar-refractivity contribution in [3.05, 3.63) is 60.6 Å². The van der Waals surface area contributed by atoms with Crippen LogP contribution in [-0.4, -0.2) is 10.3 Å². The van der Waals surface area contributed by atoms with Gasteiger partial charge in [-0.05, 0) is 23.7 Å². The minimum Gasteiger partial charge on any atom is -0.459 e. The monoisotopic (exact) mass is 270 g/mol. The van der Waals surface area contributed by atoms with E-state index in [4.69, 9.17) is 4.42 Å². The molecule has 0 atom stereocenters. The molecular formula is C14H10N2O2S. The van der Waals surface area contributed by atoms with Gasteiger partial charge in [0.2, 0.25) is 0 Å². The summed E-state index contributed by atoms with van der Waals surface area (Å²) < 4.78 is 9.35.